The molecule has 2 aliphatic rings. The van der Waals surface area contributed by atoms with Crippen molar-refractivity contribution in [1.29, 1.82) is 0 Å². The maximum Gasteiger partial charge on any atom is 0.324 e. The summed E-state index contributed by atoms with van der Waals surface area (Å²) < 4.78 is 37.7. The number of esters is 1. The summed E-state index contributed by atoms with van der Waals surface area (Å²) in [6.45, 7) is 3.18. The van der Waals surface area contributed by atoms with Crippen LogP contribution in [-0.2, 0) is 19.6 Å². The molecule has 0 bridgehead atoms. The molecule has 1 aliphatic carbocycles. The zero-order valence-electron chi connectivity index (χ0n) is 13.6. The Balaban J connectivity index is 2.07. The third-order valence-corrected chi connectivity index (χ3v) is 7.18. The van der Waals surface area contributed by atoms with Gasteiger partial charge in [0.25, 0.3) is 0 Å². The van der Waals surface area contributed by atoms with Crippen LogP contribution in [0, 0.1) is 19.8 Å². The molecular weight excluding hydrogens is 320 g/mol. The minimum absolute atomic E-state index is 0.0811. The lowest BCUT2D eigenvalue weighted by molar-refractivity contribution is -0.144. The number of carbonyl (C=O) groups excluding carboxylic acids is 1. The lowest BCUT2D eigenvalue weighted by Gasteiger charge is -2.32. The van der Waals surface area contributed by atoms with Crippen LogP contribution < -0.4 is 0 Å². The molecule has 0 radical (unpaired) electrons. The second-order valence-corrected chi connectivity index (χ2v) is 8.15. The molecule has 1 aliphatic heterocycles. The molecule has 2 heterocycles. The summed E-state index contributed by atoms with van der Waals surface area (Å²) >= 11 is 0. The fourth-order valence-electron chi connectivity index (χ4n) is 4.05. The Bertz CT molecular complexity index is 692. The molecule has 0 unspecified atom stereocenters. The molecule has 3 atom stereocenters. The van der Waals surface area contributed by atoms with E-state index in [4.69, 9.17) is 9.26 Å². The lowest BCUT2D eigenvalue weighted by Crippen LogP contribution is -2.46. The Morgan fingerprint density at radius 2 is 2.00 bits per heavy atom. The Morgan fingerprint density at radius 3 is 2.61 bits per heavy atom. The molecule has 0 aromatic carbocycles. The molecular formula is C15H22N2O5S. The fraction of sp³-hybridized carbons (Fsp3) is 0.733. The molecule has 0 N–H and O–H groups in total. The number of hydrogen-bond donors (Lipinski definition) is 0. The van der Waals surface area contributed by atoms with Crippen LogP contribution in [0.3, 0.4) is 0 Å². The van der Waals surface area contributed by atoms with E-state index in [1.807, 2.05) is 0 Å². The highest BCUT2D eigenvalue weighted by Crippen LogP contribution is 2.43. The molecule has 8 heteroatoms. The average molecular weight is 342 g/mol. The van der Waals surface area contributed by atoms with Crippen LogP contribution in [0.25, 0.3) is 0 Å². The smallest absolute Gasteiger partial charge is 0.324 e. The monoisotopic (exact) mass is 342 g/mol. The molecule has 128 valence electrons. The SMILES string of the molecule is COC(=O)[C@@H]1C[C@H]2CCCC[C@H]2N1S(=O)(=O)c1c(C)noc1C. The summed E-state index contributed by atoms with van der Waals surface area (Å²) in [6.07, 6.45) is 4.31. The summed E-state index contributed by atoms with van der Waals surface area (Å²) in [4.78, 5) is 12.3. The van der Waals surface area contributed by atoms with Crippen LogP contribution in [0.2, 0.25) is 0 Å². The predicted octanol–water partition coefficient (Wildman–Crippen LogP) is 1.79. The van der Waals surface area contributed by atoms with E-state index in [1.165, 1.54) is 11.4 Å². The Hall–Kier alpha value is -1.41. The quantitative estimate of drug-likeness (QED) is 0.778. The van der Waals surface area contributed by atoms with Gasteiger partial charge in [0.2, 0.25) is 10.0 Å². The lowest BCUT2D eigenvalue weighted by atomic mass is 9.85. The van der Waals surface area contributed by atoms with Crippen LogP contribution in [0.15, 0.2) is 9.42 Å². The summed E-state index contributed by atoms with van der Waals surface area (Å²) in [5.74, 6) is -0.0248. The second kappa shape index (κ2) is 5.90. The number of rotatable bonds is 3. The van der Waals surface area contributed by atoms with Crippen molar-refractivity contribution in [2.75, 3.05) is 7.11 Å². The van der Waals surface area contributed by atoms with Crippen LogP contribution in [0.4, 0.5) is 0 Å². The molecule has 0 amide bonds. The molecule has 3 rings (SSSR count). The highest BCUT2D eigenvalue weighted by molar-refractivity contribution is 7.89. The molecule has 1 aromatic heterocycles. The van der Waals surface area contributed by atoms with Crippen LogP contribution in [0.5, 0.6) is 0 Å². The molecule has 0 spiro atoms. The van der Waals surface area contributed by atoms with Crippen molar-refractivity contribution in [2.45, 2.75) is 62.9 Å². The van der Waals surface area contributed by atoms with E-state index in [0.717, 1.165) is 25.7 Å². The zero-order chi connectivity index (χ0) is 16.8. The largest absolute Gasteiger partial charge is 0.468 e. The van der Waals surface area contributed by atoms with Gasteiger partial charge in [0.1, 0.15) is 16.6 Å². The van der Waals surface area contributed by atoms with Gasteiger partial charge in [0.05, 0.1) is 7.11 Å². The van der Waals surface area contributed by atoms with Crippen molar-refractivity contribution in [3.63, 3.8) is 0 Å². The van der Waals surface area contributed by atoms with Gasteiger partial charge >= 0.3 is 5.97 Å². The Morgan fingerprint density at radius 1 is 1.30 bits per heavy atom. The molecule has 2 fully saturated rings. The number of ether oxygens (including phenoxy) is 1. The second-order valence-electron chi connectivity index (χ2n) is 6.37. The van der Waals surface area contributed by atoms with Crippen molar-refractivity contribution in [3.8, 4) is 0 Å². The number of aromatic nitrogens is 1. The van der Waals surface area contributed by atoms with Crippen molar-refractivity contribution in [3.05, 3.63) is 11.5 Å². The molecule has 23 heavy (non-hydrogen) atoms. The number of fused-ring (bicyclic) bond motifs is 1. The van der Waals surface area contributed by atoms with Gasteiger partial charge in [-0.3, -0.25) is 4.79 Å². The van der Waals surface area contributed by atoms with E-state index in [1.54, 1.807) is 13.8 Å². The highest BCUT2D eigenvalue weighted by atomic mass is 32.2. The van der Waals surface area contributed by atoms with Gasteiger partial charge in [-0.05, 0) is 39.0 Å². The van der Waals surface area contributed by atoms with Crippen molar-refractivity contribution >= 4 is 16.0 Å². The van der Waals surface area contributed by atoms with E-state index in [-0.39, 0.29) is 22.6 Å². The Kier molecular flexibility index (Phi) is 4.22. The minimum Gasteiger partial charge on any atom is -0.468 e. The predicted molar refractivity (Wildman–Crippen MR) is 81.2 cm³/mol. The maximum absolute atomic E-state index is 13.2. The van der Waals surface area contributed by atoms with Gasteiger partial charge in [-0.1, -0.05) is 18.0 Å². The first-order valence-electron chi connectivity index (χ1n) is 7.92. The normalized spacial score (nSPS) is 28.6. The maximum atomic E-state index is 13.2. The third kappa shape index (κ3) is 2.57. The zero-order valence-corrected chi connectivity index (χ0v) is 14.4. The minimum atomic E-state index is -3.86. The van der Waals surface area contributed by atoms with Crippen molar-refractivity contribution < 1.29 is 22.5 Å². The first-order chi connectivity index (χ1) is 10.9. The highest BCUT2D eigenvalue weighted by Gasteiger charge is 2.52. The summed E-state index contributed by atoms with van der Waals surface area (Å²) in [6, 6.07) is -0.904. The number of nitrogens with zero attached hydrogens (tertiary/aromatic N) is 2. The van der Waals surface area contributed by atoms with Crippen LogP contribution in [0.1, 0.15) is 43.6 Å². The van der Waals surface area contributed by atoms with Gasteiger partial charge in [0.15, 0.2) is 5.76 Å². The number of carbonyl (C=O) groups is 1. The van der Waals surface area contributed by atoms with Gasteiger partial charge in [-0.15, -0.1) is 0 Å². The van der Waals surface area contributed by atoms with Crippen molar-refractivity contribution in [1.82, 2.24) is 9.46 Å². The number of methoxy groups -OCH3 is 1. The average Bonchev–Trinajstić information content (AvgIpc) is 3.07. The van der Waals surface area contributed by atoms with E-state index < -0.39 is 22.0 Å². The molecule has 1 saturated carbocycles. The first kappa shape index (κ1) is 16.4. The number of sulfonamides is 1. The topological polar surface area (TPSA) is 89.7 Å². The van der Waals surface area contributed by atoms with E-state index >= 15 is 0 Å². The number of hydrogen-bond acceptors (Lipinski definition) is 6. The van der Waals surface area contributed by atoms with E-state index in [0.29, 0.717) is 12.1 Å². The third-order valence-electron chi connectivity index (χ3n) is 5.01. The van der Waals surface area contributed by atoms with Crippen LogP contribution in [-0.4, -0.2) is 43.0 Å². The molecule has 1 aromatic rings. The van der Waals surface area contributed by atoms with E-state index in [2.05, 4.69) is 5.16 Å². The molecule has 7 nitrogen and oxygen atoms in total. The van der Waals surface area contributed by atoms with E-state index in [9.17, 15) is 13.2 Å². The standard InChI is InChI=1S/C15H22N2O5S/c1-9-14(10(2)22-16-9)23(19,20)17-12-7-5-4-6-11(12)8-13(17)15(18)21-3/h11-13H,4-8H2,1-3H3/t11-,12-,13+/m1/s1. The first-order valence-corrected chi connectivity index (χ1v) is 9.36. The van der Waals surface area contributed by atoms with Crippen LogP contribution >= 0.6 is 0 Å². The van der Waals surface area contributed by atoms with Gasteiger partial charge in [0, 0.05) is 6.04 Å². The van der Waals surface area contributed by atoms with Gasteiger partial charge in [-0.2, -0.15) is 4.31 Å². The summed E-state index contributed by atoms with van der Waals surface area (Å²) in [5.41, 5.74) is 0.324. The Labute approximate surface area is 136 Å². The van der Waals surface area contributed by atoms with Gasteiger partial charge < -0.3 is 9.26 Å². The fourth-order valence-corrected chi connectivity index (χ4v) is 6.21. The summed E-state index contributed by atoms with van der Waals surface area (Å²) in [7, 11) is -2.56. The number of aryl methyl sites for hydroxylation is 2. The van der Waals surface area contributed by atoms with Gasteiger partial charge in [-0.25, -0.2) is 8.42 Å². The summed E-state index contributed by atoms with van der Waals surface area (Å²) in [5, 5.41) is 3.75. The molecule has 1 saturated heterocycles. The van der Waals surface area contributed by atoms with Crippen molar-refractivity contribution in [2.24, 2.45) is 5.92 Å².